The number of nitrogens with zero attached hydrogens (tertiary/aromatic N) is 1. The maximum absolute atomic E-state index is 11.2. The topological polar surface area (TPSA) is 84.6 Å². The highest BCUT2D eigenvalue weighted by atomic mass is 32.2. The van der Waals surface area contributed by atoms with Crippen LogP contribution in [0.15, 0.2) is 65.1 Å². The minimum atomic E-state index is -3.97. The Kier molecular flexibility index (Phi) is 3.94. The molecule has 2 aromatic carbocycles. The molecule has 0 aliphatic rings. The molecule has 0 aromatic heterocycles. The Morgan fingerprint density at radius 1 is 0.947 bits per heavy atom. The van der Waals surface area contributed by atoms with Crippen molar-refractivity contribution in [2.45, 2.75) is 0 Å². The van der Waals surface area contributed by atoms with E-state index in [4.69, 9.17) is 5.14 Å². The summed E-state index contributed by atoms with van der Waals surface area (Å²) in [5, 5.41) is 7.91. The Labute approximate surface area is 112 Å². The molecule has 0 fully saturated rings. The minimum Gasteiger partial charge on any atom is -0.339 e. The van der Waals surface area contributed by atoms with Crippen LogP contribution in [0.4, 0.5) is 5.69 Å². The largest absolute Gasteiger partial charge is 0.339 e. The average molecular weight is 275 g/mol. The Balaban J connectivity index is 2.39. The summed E-state index contributed by atoms with van der Waals surface area (Å²) in [5.74, 6) is 0.189. The predicted molar refractivity (Wildman–Crippen MR) is 76.2 cm³/mol. The molecule has 3 N–H and O–H groups in total. The summed E-state index contributed by atoms with van der Waals surface area (Å²) in [7, 11) is -3.97. The second-order valence-corrected chi connectivity index (χ2v) is 5.02. The fourth-order valence-electron chi connectivity index (χ4n) is 1.53. The second-order valence-electron chi connectivity index (χ2n) is 3.81. The highest BCUT2D eigenvalue weighted by Crippen LogP contribution is 2.10. The van der Waals surface area contributed by atoms with Crippen molar-refractivity contribution in [3.63, 3.8) is 0 Å². The lowest BCUT2D eigenvalue weighted by molar-refractivity contribution is 0.599. The average Bonchev–Trinajstić information content (AvgIpc) is 2.39. The van der Waals surface area contributed by atoms with Crippen molar-refractivity contribution in [3.05, 3.63) is 66.2 Å². The first-order chi connectivity index (χ1) is 9.04. The molecular weight excluding hydrogens is 262 g/mol. The molecule has 0 saturated carbocycles. The molecule has 0 unspecified atom stereocenters. The van der Waals surface area contributed by atoms with E-state index < -0.39 is 10.2 Å². The van der Waals surface area contributed by atoms with Gasteiger partial charge < -0.3 is 5.32 Å². The first-order valence-electron chi connectivity index (χ1n) is 5.55. The Morgan fingerprint density at radius 3 is 2.00 bits per heavy atom. The predicted octanol–water partition coefficient (Wildman–Crippen LogP) is 1.75. The second kappa shape index (κ2) is 5.64. The fourth-order valence-corrected chi connectivity index (χ4v) is 1.93. The maximum Gasteiger partial charge on any atom is 0.319 e. The highest BCUT2D eigenvalue weighted by Gasteiger charge is 2.08. The molecule has 0 amide bonds. The molecule has 0 spiro atoms. The molecular formula is C13H13N3O2S. The van der Waals surface area contributed by atoms with Crippen LogP contribution in [0.3, 0.4) is 0 Å². The van der Waals surface area contributed by atoms with Gasteiger partial charge in [-0.15, -0.1) is 4.40 Å². The quantitative estimate of drug-likeness (QED) is 0.661. The zero-order chi connectivity index (χ0) is 13.7. The molecule has 0 radical (unpaired) electrons. The van der Waals surface area contributed by atoms with Gasteiger partial charge in [0.05, 0.1) is 0 Å². The van der Waals surface area contributed by atoms with Gasteiger partial charge in [-0.05, 0) is 12.1 Å². The third kappa shape index (κ3) is 4.20. The summed E-state index contributed by atoms with van der Waals surface area (Å²) < 4.78 is 25.8. The number of benzene rings is 2. The highest BCUT2D eigenvalue weighted by molar-refractivity contribution is 7.88. The number of nitrogens with two attached hydrogens (primary N) is 1. The summed E-state index contributed by atoms with van der Waals surface area (Å²) in [6.07, 6.45) is 0. The fraction of sp³-hybridized carbons (Fsp3) is 0. The van der Waals surface area contributed by atoms with E-state index in [0.717, 1.165) is 5.69 Å². The number of hydrogen-bond donors (Lipinski definition) is 2. The van der Waals surface area contributed by atoms with Crippen LogP contribution in [0.2, 0.25) is 0 Å². The normalized spacial score (nSPS) is 12.2. The molecule has 0 atom stereocenters. The van der Waals surface area contributed by atoms with Gasteiger partial charge in [0.15, 0.2) is 5.84 Å². The summed E-state index contributed by atoms with van der Waals surface area (Å²) in [5.41, 5.74) is 1.37. The van der Waals surface area contributed by atoms with E-state index in [1.54, 1.807) is 24.3 Å². The van der Waals surface area contributed by atoms with Gasteiger partial charge in [-0.25, -0.2) is 5.14 Å². The maximum atomic E-state index is 11.2. The standard InChI is InChI=1S/C13H13N3O2S/c14-19(17,18)16-13(11-7-3-1-4-8-11)15-12-9-5-2-6-10-12/h1-10H,(H,15,16)(H2,14,17,18). The van der Waals surface area contributed by atoms with Crippen molar-refractivity contribution < 1.29 is 8.42 Å². The first-order valence-corrected chi connectivity index (χ1v) is 7.05. The number of para-hydroxylation sites is 1. The van der Waals surface area contributed by atoms with Gasteiger partial charge in [0.2, 0.25) is 0 Å². The third-order valence-electron chi connectivity index (χ3n) is 2.30. The summed E-state index contributed by atoms with van der Waals surface area (Å²) in [4.78, 5) is 0. The van der Waals surface area contributed by atoms with E-state index >= 15 is 0 Å². The van der Waals surface area contributed by atoms with Crippen molar-refractivity contribution in [1.82, 2.24) is 0 Å². The lowest BCUT2D eigenvalue weighted by atomic mass is 10.2. The molecule has 2 rings (SSSR count). The molecule has 0 bridgehead atoms. The van der Waals surface area contributed by atoms with Crippen LogP contribution < -0.4 is 10.5 Å². The molecule has 5 nitrogen and oxygen atoms in total. The van der Waals surface area contributed by atoms with Crippen LogP contribution in [0, 0.1) is 0 Å². The van der Waals surface area contributed by atoms with E-state index in [2.05, 4.69) is 9.71 Å². The molecule has 19 heavy (non-hydrogen) atoms. The zero-order valence-corrected chi connectivity index (χ0v) is 10.8. The van der Waals surface area contributed by atoms with Crippen molar-refractivity contribution >= 4 is 21.7 Å². The van der Waals surface area contributed by atoms with Crippen LogP contribution in [-0.2, 0) is 10.2 Å². The van der Waals surface area contributed by atoms with Crippen LogP contribution in [-0.4, -0.2) is 14.3 Å². The van der Waals surface area contributed by atoms with Crippen molar-refractivity contribution in [2.75, 3.05) is 5.32 Å². The third-order valence-corrected chi connectivity index (χ3v) is 2.74. The number of amidine groups is 1. The zero-order valence-electron chi connectivity index (χ0n) is 10.0. The molecule has 0 heterocycles. The Morgan fingerprint density at radius 2 is 1.47 bits per heavy atom. The molecule has 0 aliphatic carbocycles. The summed E-state index contributed by atoms with van der Waals surface area (Å²) >= 11 is 0. The van der Waals surface area contributed by atoms with Gasteiger partial charge >= 0.3 is 10.2 Å². The Hall–Kier alpha value is -2.18. The van der Waals surface area contributed by atoms with E-state index in [1.165, 1.54) is 0 Å². The molecule has 98 valence electrons. The number of anilines is 1. The SMILES string of the molecule is NS(=O)(=O)/N=C(\Nc1ccccc1)c1ccccc1. The van der Waals surface area contributed by atoms with E-state index in [-0.39, 0.29) is 5.84 Å². The van der Waals surface area contributed by atoms with Crippen LogP contribution in [0.25, 0.3) is 0 Å². The van der Waals surface area contributed by atoms with Crippen molar-refractivity contribution in [2.24, 2.45) is 9.54 Å². The van der Waals surface area contributed by atoms with E-state index in [9.17, 15) is 8.42 Å². The van der Waals surface area contributed by atoms with Gasteiger partial charge in [0.1, 0.15) is 0 Å². The van der Waals surface area contributed by atoms with Gasteiger partial charge in [0.25, 0.3) is 0 Å². The molecule has 0 aliphatic heterocycles. The molecule has 2 aromatic rings. The lowest BCUT2D eigenvalue weighted by Crippen LogP contribution is -2.19. The van der Waals surface area contributed by atoms with Crippen molar-refractivity contribution in [1.29, 1.82) is 0 Å². The number of nitrogens with one attached hydrogen (secondary N) is 1. The van der Waals surface area contributed by atoms with Crippen LogP contribution in [0.5, 0.6) is 0 Å². The van der Waals surface area contributed by atoms with E-state index in [0.29, 0.717) is 5.56 Å². The first kappa shape index (κ1) is 13.3. The summed E-state index contributed by atoms with van der Waals surface area (Å²) in [6.45, 7) is 0. The monoisotopic (exact) mass is 275 g/mol. The Bertz CT molecular complexity index is 668. The smallest absolute Gasteiger partial charge is 0.319 e. The van der Waals surface area contributed by atoms with Crippen molar-refractivity contribution in [3.8, 4) is 0 Å². The van der Waals surface area contributed by atoms with Crippen LogP contribution in [0.1, 0.15) is 5.56 Å². The molecule has 0 saturated heterocycles. The lowest BCUT2D eigenvalue weighted by Gasteiger charge is -2.09. The number of hydrogen-bond acceptors (Lipinski definition) is 2. The van der Waals surface area contributed by atoms with Crippen LogP contribution >= 0.6 is 0 Å². The van der Waals surface area contributed by atoms with Gasteiger partial charge in [0, 0.05) is 11.3 Å². The minimum absolute atomic E-state index is 0.189. The van der Waals surface area contributed by atoms with Gasteiger partial charge in [-0.1, -0.05) is 48.5 Å². The van der Waals surface area contributed by atoms with E-state index in [1.807, 2.05) is 36.4 Å². The van der Waals surface area contributed by atoms with Gasteiger partial charge in [-0.3, -0.25) is 0 Å². The van der Waals surface area contributed by atoms with Gasteiger partial charge in [-0.2, -0.15) is 8.42 Å². The number of rotatable bonds is 3. The summed E-state index contributed by atoms with van der Waals surface area (Å²) in [6, 6.07) is 18.1. The molecule has 6 heteroatoms.